The van der Waals surface area contributed by atoms with Crippen molar-refractivity contribution < 1.29 is 9.18 Å². The Labute approximate surface area is 155 Å². The number of hydrogen-bond acceptors (Lipinski definition) is 4. The lowest BCUT2D eigenvalue weighted by molar-refractivity contribution is -0.118. The summed E-state index contributed by atoms with van der Waals surface area (Å²) in [6.07, 6.45) is 0. The van der Waals surface area contributed by atoms with Gasteiger partial charge < -0.3 is 9.88 Å². The molecule has 26 heavy (non-hydrogen) atoms. The van der Waals surface area contributed by atoms with E-state index in [2.05, 4.69) is 15.5 Å². The highest BCUT2D eigenvalue weighted by Gasteiger charge is 2.13. The molecule has 0 aliphatic heterocycles. The van der Waals surface area contributed by atoms with Crippen molar-refractivity contribution in [2.24, 2.45) is 7.05 Å². The van der Waals surface area contributed by atoms with E-state index in [-0.39, 0.29) is 17.5 Å². The van der Waals surface area contributed by atoms with Gasteiger partial charge in [-0.3, -0.25) is 4.79 Å². The maximum atomic E-state index is 13.0. The van der Waals surface area contributed by atoms with Crippen LogP contribution in [-0.4, -0.2) is 26.4 Å². The summed E-state index contributed by atoms with van der Waals surface area (Å²) >= 11 is 1.31. The van der Waals surface area contributed by atoms with Gasteiger partial charge in [0.2, 0.25) is 5.91 Å². The van der Waals surface area contributed by atoms with Crippen molar-refractivity contribution in [2.45, 2.75) is 18.6 Å². The molecule has 7 heteroatoms. The summed E-state index contributed by atoms with van der Waals surface area (Å²) < 4.78 is 14.8. The van der Waals surface area contributed by atoms with Crippen molar-refractivity contribution in [2.75, 3.05) is 5.75 Å². The maximum absolute atomic E-state index is 13.0. The van der Waals surface area contributed by atoms with Crippen LogP contribution < -0.4 is 5.32 Å². The van der Waals surface area contributed by atoms with Crippen LogP contribution in [0.1, 0.15) is 11.1 Å². The van der Waals surface area contributed by atoms with Crippen molar-refractivity contribution in [3.63, 3.8) is 0 Å². The summed E-state index contributed by atoms with van der Waals surface area (Å²) in [5.41, 5.74) is 3.03. The standard InChI is InChI=1S/C19H19FN4OS/c1-13-3-5-14(6-4-13)11-21-17(25)12-26-19-23-22-18(24(19)2)15-7-9-16(20)10-8-15/h3-10H,11-12H2,1-2H3,(H,21,25). The summed E-state index contributed by atoms with van der Waals surface area (Å²) in [4.78, 5) is 12.1. The van der Waals surface area contributed by atoms with E-state index in [0.29, 0.717) is 17.5 Å². The van der Waals surface area contributed by atoms with E-state index in [4.69, 9.17) is 0 Å². The Balaban J connectivity index is 1.55. The third-order valence-corrected chi connectivity index (χ3v) is 4.90. The summed E-state index contributed by atoms with van der Waals surface area (Å²) in [5, 5.41) is 11.8. The molecule has 1 N–H and O–H groups in total. The molecule has 1 amide bonds. The zero-order valence-corrected chi connectivity index (χ0v) is 15.4. The molecule has 0 bridgehead atoms. The molecule has 0 saturated carbocycles. The highest BCUT2D eigenvalue weighted by molar-refractivity contribution is 7.99. The Morgan fingerprint density at radius 2 is 1.81 bits per heavy atom. The van der Waals surface area contributed by atoms with Gasteiger partial charge in [0.05, 0.1) is 5.75 Å². The van der Waals surface area contributed by atoms with Crippen LogP contribution in [-0.2, 0) is 18.4 Å². The van der Waals surface area contributed by atoms with E-state index in [1.807, 2.05) is 38.2 Å². The summed E-state index contributed by atoms with van der Waals surface area (Å²) in [6.45, 7) is 2.53. The van der Waals surface area contributed by atoms with E-state index in [0.717, 1.165) is 11.1 Å². The molecule has 0 atom stereocenters. The van der Waals surface area contributed by atoms with Crippen molar-refractivity contribution in [1.29, 1.82) is 0 Å². The minimum Gasteiger partial charge on any atom is -0.351 e. The molecule has 5 nitrogen and oxygen atoms in total. The molecule has 1 heterocycles. The van der Waals surface area contributed by atoms with Crippen LogP contribution in [0.5, 0.6) is 0 Å². The first-order valence-corrected chi connectivity index (χ1v) is 9.12. The fourth-order valence-corrected chi connectivity index (χ4v) is 3.12. The first kappa shape index (κ1) is 18.1. The first-order chi connectivity index (χ1) is 12.5. The van der Waals surface area contributed by atoms with Crippen LogP contribution in [0.3, 0.4) is 0 Å². The average Bonchev–Trinajstić information content (AvgIpc) is 3.01. The van der Waals surface area contributed by atoms with Gasteiger partial charge >= 0.3 is 0 Å². The molecule has 1 aromatic heterocycles. The number of carbonyl (C=O) groups excluding carboxylic acids is 1. The average molecular weight is 370 g/mol. The minimum absolute atomic E-state index is 0.0677. The number of aryl methyl sites for hydroxylation is 1. The highest BCUT2D eigenvalue weighted by atomic mass is 32.2. The van der Waals surface area contributed by atoms with Gasteiger partial charge in [-0.1, -0.05) is 41.6 Å². The van der Waals surface area contributed by atoms with Gasteiger partial charge in [0.1, 0.15) is 5.82 Å². The number of nitrogens with one attached hydrogen (secondary N) is 1. The number of thioether (sulfide) groups is 1. The van der Waals surface area contributed by atoms with E-state index >= 15 is 0 Å². The third kappa shape index (κ3) is 4.49. The monoisotopic (exact) mass is 370 g/mol. The molecule has 0 saturated heterocycles. The number of carbonyl (C=O) groups is 1. The van der Waals surface area contributed by atoms with Gasteiger partial charge in [0, 0.05) is 19.2 Å². The van der Waals surface area contributed by atoms with Crippen molar-refractivity contribution in [3.05, 3.63) is 65.5 Å². The van der Waals surface area contributed by atoms with Crippen LogP contribution in [0.15, 0.2) is 53.7 Å². The highest BCUT2D eigenvalue weighted by Crippen LogP contribution is 2.22. The molecule has 0 aliphatic rings. The molecule has 0 unspecified atom stereocenters. The van der Waals surface area contributed by atoms with Crippen molar-refractivity contribution in [3.8, 4) is 11.4 Å². The summed E-state index contributed by atoms with van der Waals surface area (Å²) in [7, 11) is 1.82. The fourth-order valence-electron chi connectivity index (χ4n) is 2.38. The van der Waals surface area contributed by atoms with Crippen LogP contribution in [0.25, 0.3) is 11.4 Å². The summed E-state index contributed by atoms with van der Waals surface area (Å²) in [5.74, 6) is 0.520. The number of halogens is 1. The molecule has 0 spiro atoms. The van der Waals surface area contributed by atoms with E-state index in [1.165, 1.54) is 29.5 Å². The maximum Gasteiger partial charge on any atom is 0.230 e. The van der Waals surface area contributed by atoms with Crippen molar-refractivity contribution in [1.82, 2.24) is 20.1 Å². The van der Waals surface area contributed by atoms with Crippen molar-refractivity contribution >= 4 is 17.7 Å². The largest absolute Gasteiger partial charge is 0.351 e. The number of nitrogens with zero attached hydrogens (tertiary/aromatic N) is 3. The molecule has 2 aromatic carbocycles. The smallest absolute Gasteiger partial charge is 0.230 e. The van der Waals surface area contributed by atoms with Crippen LogP contribution in [0, 0.1) is 12.7 Å². The molecule has 0 fully saturated rings. The molecule has 0 aliphatic carbocycles. The number of amides is 1. The molecule has 0 radical (unpaired) electrons. The molecule has 134 valence electrons. The van der Waals surface area contributed by atoms with Gasteiger partial charge in [-0.05, 0) is 36.8 Å². The number of benzene rings is 2. The lowest BCUT2D eigenvalue weighted by Gasteiger charge is -2.06. The quantitative estimate of drug-likeness (QED) is 0.676. The molecule has 3 rings (SSSR count). The fraction of sp³-hybridized carbons (Fsp3) is 0.211. The first-order valence-electron chi connectivity index (χ1n) is 8.13. The Morgan fingerprint density at radius 1 is 1.12 bits per heavy atom. The van der Waals surface area contributed by atoms with Crippen LogP contribution in [0.4, 0.5) is 4.39 Å². The number of rotatable bonds is 6. The van der Waals surface area contributed by atoms with Gasteiger partial charge in [-0.25, -0.2) is 4.39 Å². The Morgan fingerprint density at radius 3 is 2.50 bits per heavy atom. The Kier molecular flexibility index (Phi) is 5.68. The lowest BCUT2D eigenvalue weighted by Crippen LogP contribution is -2.24. The van der Waals surface area contributed by atoms with E-state index in [1.54, 1.807) is 16.7 Å². The van der Waals surface area contributed by atoms with E-state index < -0.39 is 0 Å². The Hall–Kier alpha value is -2.67. The topological polar surface area (TPSA) is 59.8 Å². The minimum atomic E-state index is -0.296. The number of hydrogen-bond donors (Lipinski definition) is 1. The van der Waals surface area contributed by atoms with Crippen LogP contribution in [0.2, 0.25) is 0 Å². The number of aromatic nitrogens is 3. The Bertz CT molecular complexity index is 891. The second-order valence-corrected chi connectivity index (χ2v) is 6.87. The van der Waals surface area contributed by atoms with Crippen LogP contribution >= 0.6 is 11.8 Å². The second kappa shape index (κ2) is 8.14. The lowest BCUT2D eigenvalue weighted by atomic mass is 10.1. The zero-order chi connectivity index (χ0) is 18.5. The van der Waals surface area contributed by atoms with E-state index in [9.17, 15) is 9.18 Å². The third-order valence-electron chi connectivity index (χ3n) is 3.88. The predicted octanol–water partition coefficient (Wildman–Crippen LogP) is 3.34. The molecule has 3 aromatic rings. The second-order valence-electron chi connectivity index (χ2n) is 5.92. The molecular formula is C19H19FN4OS. The SMILES string of the molecule is Cc1ccc(CNC(=O)CSc2nnc(-c3ccc(F)cc3)n2C)cc1. The zero-order valence-electron chi connectivity index (χ0n) is 14.6. The van der Waals surface area contributed by atoms with Gasteiger partial charge in [0.25, 0.3) is 0 Å². The normalized spacial score (nSPS) is 10.7. The van der Waals surface area contributed by atoms with Gasteiger partial charge in [0.15, 0.2) is 11.0 Å². The molecular weight excluding hydrogens is 351 g/mol. The van der Waals surface area contributed by atoms with Gasteiger partial charge in [-0.15, -0.1) is 10.2 Å². The predicted molar refractivity (Wildman–Crippen MR) is 100 cm³/mol. The van der Waals surface area contributed by atoms with Gasteiger partial charge in [-0.2, -0.15) is 0 Å². The summed E-state index contributed by atoms with van der Waals surface area (Å²) in [6, 6.07) is 14.1.